The largest absolute Gasteiger partial charge is 0.493 e. The van der Waals surface area contributed by atoms with Crippen molar-refractivity contribution in [1.29, 1.82) is 0 Å². The quantitative estimate of drug-likeness (QED) is 0.550. The summed E-state index contributed by atoms with van der Waals surface area (Å²) < 4.78 is 11.2. The zero-order valence-corrected chi connectivity index (χ0v) is 16.1. The standard InChI is InChI=1S/C17H17BrN2O4S/c1-23-14-8-3-11(9-15(14)24-2)17(22)20-19-16(21)10-25-13-6-4-12(18)5-7-13/h3-9H,10H2,1-2H3,(H,19,21)(H,20,22). The van der Waals surface area contributed by atoms with E-state index < -0.39 is 5.91 Å². The number of carbonyl (C=O) groups excluding carboxylic acids is 2. The fourth-order valence-corrected chi connectivity index (χ4v) is 2.85. The van der Waals surface area contributed by atoms with Gasteiger partial charge in [0, 0.05) is 14.9 Å². The molecule has 0 fully saturated rings. The van der Waals surface area contributed by atoms with Gasteiger partial charge < -0.3 is 9.47 Å². The first kappa shape index (κ1) is 19.1. The molecule has 0 radical (unpaired) electrons. The van der Waals surface area contributed by atoms with Crippen LogP contribution in [0.4, 0.5) is 0 Å². The maximum Gasteiger partial charge on any atom is 0.269 e. The molecule has 2 aromatic carbocycles. The third-order valence-electron chi connectivity index (χ3n) is 3.14. The van der Waals surface area contributed by atoms with Gasteiger partial charge in [0.25, 0.3) is 5.91 Å². The van der Waals surface area contributed by atoms with Crippen LogP contribution in [0.3, 0.4) is 0 Å². The zero-order valence-electron chi connectivity index (χ0n) is 13.7. The number of thioether (sulfide) groups is 1. The topological polar surface area (TPSA) is 76.7 Å². The van der Waals surface area contributed by atoms with Gasteiger partial charge in [0.1, 0.15) is 0 Å². The van der Waals surface area contributed by atoms with E-state index in [1.807, 2.05) is 24.3 Å². The van der Waals surface area contributed by atoms with Gasteiger partial charge in [0.2, 0.25) is 5.91 Å². The summed E-state index contributed by atoms with van der Waals surface area (Å²) in [6.45, 7) is 0. The number of amides is 2. The number of hydrogen-bond acceptors (Lipinski definition) is 5. The first-order chi connectivity index (χ1) is 12.0. The van der Waals surface area contributed by atoms with Gasteiger partial charge in [-0.3, -0.25) is 20.4 Å². The molecule has 0 atom stereocenters. The molecule has 0 unspecified atom stereocenters. The van der Waals surface area contributed by atoms with Crippen LogP contribution in [0.25, 0.3) is 0 Å². The van der Waals surface area contributed by atoms with Gasteiger partial charge in [0.15, 0.2) is 11.5 Å². The van der Waals surface area contributed by atoms with Crippen LogP contribution >= 0.6 is 27.7 Å². The molecule has 25 heavy (non-hydrogen) atoms. The molecule has 0 heterocycles. The predicted octanol–water partition coefficient (Wildman–Crippen LogP) is 3.02. The molecule has 0 aliphatic rings. The Balaban J connectivity index is 1.84. The highest BCUT2D eigenvalue weighted by atomic mass is 79.9. The fraction of sp³-hybridized carbons (Fsp3) is 0.176. The van der Waals surface area contributed by atoms with E-state index >= 15 is 0 Å². The van der Waals surface area contributed by atoms with Gasteiger partial charge in [-0.05, 0) is 42.5 Å². The van der Waals surface area contributed by atoms with Crippen LogP contribution in [0.5, 0.6) is 11.5 Å². The molecule has 8 heteroatoms. The van der Waals surface area contributed by atoms with Crippen molar-refractivity contribution < 1.29 is 19.1 Å². The molecule has 2 N–H and O–H groups in total. The molecule has 0 saturated heterocycles. The number of carbonyl (C=O) groups is 2. The Kier molecular flexibility index (Phi) is 7.15. The van der Waals surface area contributed by atoms with E-state index in [2.05, 4.69) is 26.8 Å². The van der Waals surface area contributed by atoms with Gasteiger partial charge in [-0.1, -0.05) is 15.9 Å². The normalized spacial score (nSPS) is 10.0. The lowest BCUT2D eigenvalue weighted by Crippen LogP contribution is -2.42. The highest BCUT2D eigenvalue weighted by Crippen LogP contribution is 2.27. The van der Waals surface area contributed by atoms with E-state index in [4.69, 9.17) is 9.47 Å². The molecule has 132 valence electrons. The maximum atomic E-state index is 12.1. The van der Waals surface area contributed by atoms with Gasteiger partial charge >= 0.3 is 0 Å². The number of halogens is 1. The second-order valence-corrected chi connectivity index (χ2v) is 6.78. The van der Waals surface area contributed by atoms with Crippen molar-refractivity contribution >= 4 is 39.5 Å². The maximum absolute atomic E-state index is 12.1. The molecular formula is C17H17BrN2O4S. The Morgan fingerprint density at radius 1 is 1.00 bits per heavy atom. The van der Waals surface area contributed by atoms with Crippen molar-refractivity contribution in [2.24, 2.45) is 0 Å². The molecule has 0 aliphatic carbocycles. The molecule has 2 rings (SSSR count). The van der Waals surface area contributed by atoms with E-state index in [-0.39, 0.29) is 11.7 Å². The van der Waals surface area contributed by atoms with E-state index in [1.54, 1.807) is 12.1 Å². The minimum absolute atomic E-state index is 0.188. The first-order valence-corrected chi connectivity index (χ1v) is 9.01. The number of methoxy groups -OCH3 is 2. The van der Waals surface area contributed by atoms with Gasteiger partial charge in [-0.2, -0.15) is 0 Å². The second kappa shape index (κ2) is 9.33. The minimum atomic E-state index is -0.442. The van der Waals surface area contributed by atoms with Crippen LogP contribution in [0.2, 0.25) is 0 Å². The summed E-state index contributed by atoms with van der Waals surface area (Å²) in [4.78, 5) is 24.9. The highest BCUT2D eigenvalue weighted by Gasteiger charge is 2.11. The number of nitrogens with one attached hydrogen (secondary N) is 2. The lowest BCUT2D eigenvalue weighted by molar-refractivity contribution is -0.119. The Morgan fingerprint density at radius 3 is 2.32 bits per heavy atom. The molecule has 0 bridgehead atoms. The molecule has 2 aromatic rings. The predicted molar refractivity (Wildman–Crippen MR) is 100 cm³/mol. The molecule has 0 spiro atoms. The number of hydrazine groups is 1. The van der Waals surface area contributed by atoms with E-state index in [1.165, 1.54) is 32.0 Å². The van der Waals surface area contributed by atoms with Crippen molar-refractivity contribution in [2.75, 3.05) is 20.0 Å². The highest BCUT2D eigenvalue weighted by molar-refractivity contribution is 9.10. The minimum Gasteiger partial charge on any atom is -0.493 e. The third-order valence-corrected chi connectivity index (χ3v) is 4.69. The summed E-state index contributed by atoms with van der Waals surface area (Å²) in [6.07, 6.45) is 0. The average molecular weight is 425 g/mol. The van der Waals surface area contributed by atoms with Crippen molar-refractivity contribution in [2.45, 2.75) is 4.90 Å². The SMILES string of the molecule is COc1ccc(C(=O)NNC(=O)CSc2ccc(Br)cc2)cc1OC. The summed E-state index contributed by atoms with van der Waals surface area (Å²) in [5.41, 5.74) is 5.11. The average Bonchev–Trinajstić information content (AvgIpc) is 2.64. The number of ether oxygens (including phenoxy) is 2. The molecular weight excluding hydrogens is 408 g/mol. The zero-order chi connectivity index (χ0) is 18.2. The van der Waals surface area contributed by atoms with Gasteiger partial charge in [-0.15, -0.1) is 11.8 Å². The van der Waals surface area contributed by atoms with Crippen LogP contribution in [0.15, 0.2) is 51.8 Å². The third kappa shape index (κ3) is 5.68. The summed E-state index contributed by atoms with van der Waals surface area (Å²) in [7, 11) is 3.00. The Labute approximate surface area is 158 Å². The van der Waals surface area contributed by atoms with Crippen LogP contribution in [-0.2, 0) is 4.79 Å². The van der Waals surface area contributed by atoms with Gasteiger partial charge in [-0.25, -0.2) is 0 Å². The Bertz CT molecular complexity index is 753. The lowest BCUT2D eigenvalue weighted by atomic mass is 10.2. The summed E-state index contributed by atoms with van der Waals surface area (Å²) >= 11 is 4.73. The number of benzene rings is 2. The monoisotopic (exact) mass is 424 g/mol. The number of hydrogen-bond donors (Lipinski definition) is 2. The van der Waals surface area contributed by atoms with Crippen molar-refractivity contribution in [3.63, 3.8) is 0 Å². The molecule has 6 nitrogen and oxygen atoms in total. The summed E-state index contributed by atoms with van der Waals surface area (Å²) in [5.74, 6) is 0.402. The Morgan fingerprint density at radius 2 is 1.68 bits per heavy atom. The lowest BCUT2D eigenvalue weighted by Gasteiger charge is -2.10. The van der Waals surface area contributed by atoms with Gasteiger partial charge in [0.05, 0.1) is 20.0 Å². The van der Waals surface area contributed by atoms with Crippen molar-refractivity contribution in [1.82, 2.24) is 10.9 Å². The molecule has 0 aromatic heterocycles. The van der Waals surface area contributed by atoms with E-state index in [0.717, 1.165) is 9.37 Å². The number of rotatable bonds is 6. The fourth-order valence-electron chi connectivity index (χ4n) is 1.89. The van der Waals surface area contributed by atoms with Crippen LogP contribution in [-0.4, -0.2) is 31.8 Å². The summed E-state index contributed by atoms with van der Waals surface area (Å²) in [6, 6.07) is 12.4. The molecule has 2 amide bonds. The van der Waals surface area contributed by atoms with Crippen LogP contribution in [0.1, 0.15) is 10.4 Å². The van der Waals surface area contributed by atoms with E-state index in [0.29, 0.717) is 17.1 Å². The smallest absolute Gasteiger partial charge is 0.269 e. The molecule has 0 saturated carbocycles. The van der Waals surface area contributed by atoms with Crippen molar-refractivity contribution in [3.8, 4) is 11.5 Å². The first-order valence-electron chi connectivity index (χ1n) is 7.23. The van der Waals surface area contributed by atoms with Crippen LogP contribution in [0, 0.1) is 0 Å². The molecule has 0 aliphatic heterocycles. The summed E-state index contributed by atoms with van der Waals surface area (Å²) in [5, 5.41) is 0. The van der Waals surface area contributed by atoms with Crippen LogP contribution < -0.4 is 20.3 Å². The van der Waals surface area contributed by atoms with Crippen molar-refractivity contribution in [3.05, 3.63) is 52.5 Å². The second-order valence-electron chi connectivity index (χ2n) is 4.81. The Hall–Kier alpha value is -2.19. The van der Waals surface area contributed by atoms with E-state index in [9.17, 15) is 9.59 Å².